The molecule has 1 aliphatic heterocycles. The maximum atomic E-state index is 12.6. The molecule has 0 bridgehead atoms. The van der Waals surface area contributed by atoms with Gasteiger partial charge in [-0.3, -0.25) is 9.78 Å². The van der Waals surface area contributed by atoms with Gasteiger partial charge in [0.1, 0.15) is 5.82 Å². The molecule has 0 unspecified atom stereocenters. The number of carbonyl (C=O) groups excluding carboxylic acids is 1. The molecule has 5 nitrogen and oxygen atoms in total. The highest BCUT2D eigenvalue weighted by Crippen LogP contribution is 2.22. The monoisotopic (exact) mass is 310 g/mol. The molecule has 1 aromatic heterocycles. The minimum atomic E-state index is -0.0176. The van der Waals surface area contributed by atoms with Crippen LogP contribution in [0.25, 0.3) is 0 Å². The van der Waals surface area contributed by atoms with Gasteiger partial charge in [0.15, 0.2) is 0 Å². The average molecular weight is 310 g/mol. The average Bonchev–Trinajstić information content (AvgIpc) is 2.63. The van der Waals surface area contributed by atoms with Crippen molar-refractivity contribution >= 4 is 17.4 Å². The maximum Gasteiger partial charge on any atom is 0.229 e. The van der Waals surface area contributed by atoms with Crippen LogP contribution in [0.15, 0.2) is 42.9 Å². The van der Waals surface area contributed by atoms with Crippen molar-refractivity contribution in [2.75, 3.05) is 23.3 Å². The zero-order valence-electron chi connectivity index (χ0n) is 13.4. The van der Waals surface area contributed by atoms with Crippen LogP contribution in [-0.2, 0) is 11.2 Å². The van der Waals surface area contributed by atoms with E-state index in [9.17, 15) is 4.79 Å². The van der Waals surface area contributed by atoms with Crippen molar-refractivity contribution < 1.29 is 4.79 Å². The van der Waals surface area contributed by atoms with E-state index < -0.39 is 0 Å². The Morgan fingerprint density at radius 2 is 2.30 bits per heavy atom. The second-order valence-corrected chi connectivity index (χ2v) is 5.89. The summed E-state index contributed by atoms with van der Waals surface area (Å²) in [5.74, 6) is 0.917. The van der Waals surface area contributed by atoms with Crippen LogP contribution in [0.1, 0.15) is 25.3 Å². The van der Waals surface area contributed by atoms with Gasteiger partial charge in [-0.25, -0.2) is 4.98 Å². The molecule has 120 valence electrons. The van der Waals surface area contributed by atoms with Gasteiger partial charge in [-0.2, -0.15) is 0 Å². The number of nitrogens with one attached hydrogen (secondary N) is 1. The molecule has 1 amide bonds. The van der Waals surface area contributed by atoms with Crippen LogP contribution in [0, 0.1) is 5.92 Å². The van der Waals surface area contributed by atoms with Crippen molar-refractivity contribution in [1.82, 2.24) is 9.97 Å². The molecule has 0 radical (unpaired) electrons. The molecular weight excluding hydrogens is 288 g/mol. The lowest BCUT2D eigenvalue weighted by Crippen LogP contribution is -2.41. The predicted octanol–water partition coefficient (Wildman–Crippen LogP) is 2.89. The van der Waals surface area contributed by atoms with Crippen LogP contribution in [0.2, 0.25) is 0 Å². The first-order chi connectivity index (χ1) is 11.3. The molecular formula is C18H22N4O. The quantitative estimate of drug-likeness (QED) is 0.943. The Labute approximate surface area is 136 Å². The first-order valence-corrected chi connectivity index (χ1v) is 8.17. The van der Waals surface area contributed by atoms with Gasteiger partial charge in [0.05, 0.1) is 12.1 Å². The number of amides is 1. The Morgan fingerprint density at radius 1 is 1.39 bits per heavy atom. The van der Waals surface area contributed by atoms with Crippen LogP contribution in [0.5, 0.6) is 0 Å². The summed E-state index contributed by atoms with van der Waals surface area (Å²) in [6, 6.07) is 8.05. The number of anilines is 2. The maximum absolute atomic E-state index is 12.6. The summed E-state index contributed by atoms with van der Waals surface area (Å²) in [4.78, 5) is 23.2. The van der Waals surface area contributed by atoms with Gasteiger partial charge >= 0.3 is 0 Å². The van der Waals surface area contributed by atoms with Crippen LogP contribution in [-0.4, -0.2) is 29.0 Å². The fraction of sp³-hybridized carbons (Fsp3) is 0.389. The van der Waals surface area contributed by atoms with Crippen LogP contribution >= 0.6 is 0 Å². The van der Waals surface area contributed by atoms with Crippen LogP contribution in [0.3, 0.4) is 0 Å². The third-order valence-electron chi connectivity index (χ3n) is 4.27. The van der Waals surface area contributed by atoms with Gasteiger partial charge in [-0.1, -0.05) is 19.1 Å². The Bertz CT molecular complexity index is 659. The number of carbonyl (C=O) groups is 1. The first kappa shape index (κ1) is 15.5. The second kappa shape index (κ2) is 7.22. The van der Waals surface area contributed by atoms with Crippen molar-refractivity contribution in [2.45, 2.75) is 26.2 Å². The number of piperidine rings is 1. The van der Waals surface area contributed by atoms with Gasteiger partial charge in [0.25, 0.3) is 0 Å². The number of benzene rings is 1. The van der Waals surface area contributed by atoms with E-state index in [2.05, 4.69) is 33.2 Å². The Kier molecular flexibility index (Phi) is 4.86. The Balaban J connectivity index is 1.65. The minimum absolute atomic E-state index is 0.0176. The highest BCUT2D eigenvalue weighted by atomic mass is 16.1. The Hall–Kier alpha value is -2.43. The lowest BCUT2D eigenvalue weighted by atomic mass is 9.97. The highest BCUT2D eigenvalue weighted by Gasteiger charge is 2.26. The summed E-state index contributed by atoms with van der Waals surface area (Å²) in [5, 5.41) is 3.06. The minimum Gasteiger partial charge on any atom is -0.355 e. The smallest absolute Gasteiger partial charge is 0.229 e. The Morgan fingerprint density at radius 3 is 3.09 bits per heavy atom. The van der Waals surface area contributed by atoms with Gasteiger partial charge < -0.3 is 10.2 Å². The molecule has 3 rings (SSSR count). The fourth-order valence-electron chi connectivity index (χ4n) is 2.97. The van der Waals surface area contributed by atoms with Crippen molar-refractivity contribution in [3.63, 3.8) is 0 Å². The fourth-order valence-corrected chi connectivity index (χ4v) is 2.97. The summed E-state index contributed by atoms with van der Waals surface area (Å²) in [6.45, 7) is 3.73. The molecule has 2 heterocycles. The van der Waals surface area contributed by atoms with E-state index in [1.54, 1.807) is 18.6 Å². The summed E-state index contributed by atoms with van der Waals surface area (Å²) < 4.78 is 0. The SMILES string of the molecule is CCc1cccc(NC(=O)[C@@H]2CCCN(c3cnccn3)C2)c1. The summed E-state index contributed by atoms with van der Waals surface area (Å²) in [7, 11) is 0. The summed E-state index contributed by atoms with van der Waals surface area (Å²) in [6.07, 6.45) is 7.98. The van der Waals surface area contributed by atoms with Gasteiger partial charge in [-0.05, 0) is 37.0 Å². The number of nitrogens with zero attached hydrogens (tertiary/aromatic N) is 3. The van der Waals surface area contributed by atoms with E-state index in [4.69, 9.17) is 0 Å². The number of hydrogen-bond acceptors (Lipinski definition) is 4. The van der Waals surface area contributed by atoms with Crippen molar-refractivity contribution in [3.8, 4) is 0 Å². The molecule has 0 aliphatic carbocycles. The van der Waals surface area contributed by atoms with Crippen molar-refractivity contribution in [2.24, 2.45) is 5.92 Å². The second-order valence-electron chi connectivity index (χ2n) is 5.89. The van der Waals surface area contributed by atoms with E-state index >= 15 is 0 Å². The van der Waals surface area contributed by atoms with Crippen LogP contribution < -0.4 is 10.2 Å². The topological polar surface area (TPSA) is 58.1 Å². The van der Waals surface area contributed by atoms with E-state index in [-0.39, 0.29) is 11.8 Å². The largest absolute Gasteiger partial charge is 0.355 e. The molecule has 0 spiro atoms. The van der Waals surface area contributed by atoms with E-state index in [0.717, 1.165) is 37.3 Å². The number of hydrogen-bond donors (Lipinski definition) is 1. The summed E-state index contributed by atoms with van der Waals surface area (Å²) in [5.41, 5.74) is 2.11. The molecule has 2 aromatic rings. The van der Waals surface area contributed by atoms with E-state index in [1.165, 1.54) is 5.56 Å². The summed E-state index contributed by atoms with van der Waals surface area (Å²) >= 11 is 0. The predicted molar refractivity (Wildman–Crippen MR) is 91.4 cm³/mol. The zero-order chi connectivity index (χ0) is 16.1. The number of aryl methyl sites for hydroxylation is 1. The highest BCUT2D eigenvalue weighted by molar-refractivity contribution is 5.93. The van der Waals surface area contributed by atoms with Gasteiger partial charge in [0.2, 0.25) is 5.91 Å². The molecule has 1 aliphatic rings. The zero-order valence-corrected chi connectivity index (χ0v) is 13.4. The van der Waals surface area contributed by atoms with E-state index in [1.807, 2.05) is 18.2 Å². The van der Waals surface area contributed by atoms with Crippen LogP contribution in [0.4, 0.5) is 11.5 Å². The molecule has 1 fully saturated rings. The molecule has 23 heavy (non-hydrogen) atoms. The lowest BCUT2D eigenvalue weighted by Gasteiger charge is -2.32. The molecule has 1 saturated heterocycles. The first-order valence-electron chi connectivity index (χ1n) is 8.17. The molecule has 1 N–H and O–H groups in total. The number of aromatic nitrogens is 2. The van der Waals surface area contributed by atoms with Crippen molar-refractivity contribution in [1.29, 1.82) is 0 Å². The molecule has 0 saturated carbocycles. The molecule has 1 aromatic carbocycles. The van der Waals surface area contributed by atoms with E-state index in [0.29, 0.717) is 6.54 Å². The van der Waals surface area contributed by atoms with Gasteiger partial charge in [0, 0.05) is 31.2 Å². The molecule has 1 atom stereocenters. The standard InChI is InChI=1S/C18H22N4O/c1-2-14-5-3-7-16(11-14)21-18(23)15-6-4-10-22(13-15)17-12-19-8-9-20-17/h3,5,7-9,11-12,15H,2,4,6,10,13H2,1H3,(H,21,23)/t15-/m1/s1. The third-order valence-corrected chi connectivity index (χ3v) is 4.27. The third kappa shape index (κ3) is 3.86. The van der Waals surface area contributed by atoms with Gasteiger partial charge in [-0.15, -0.1) is 0 Å². The lowest BCUT2D eigenvalue weighted by molar-refractivity contribution is -0.120. The normalized spacial score (nSPS) is 17.8. The van der Waals surface area contributed by atoms with Crippen molar-refractivity contribution in [3.05, 3.63) is 48.4 Å². The molecule has 5 heteroatoms. The number of rotatable bonds is 4.